The molecule has 1 aliphatic heterocycles. The van der Waals surface area contributed by atoms with E-state index >= 15 is 0 Å². The number of para-hydroxylation sites is 1. The van der Waals surface area contributed by atoms with E-state index < -0.39 is 0 Å². The predicted molar refractivity (Wildman–Crippen MR) is 145 cm³/mol. The van der Waals surface area contributed by atoms with Gasteiger partial charge in [0.15, 0.2) is 0 Å². The fourth-order valence-electron chi connectivity index (χ4n) is 4.54. The van der Waals surface area contributed by atoms with Crippen molar-refractivity contribution in [1.29, 1.82) is 0 Å². The first-order valence-corrected chi connectivity index (χ1v) is 12.3. The lowest BCUT2D eigenvalue weighted by molar-refractivity contribution is 0.140. The van der Waals surface area contributed by atoms with E-state index in [9.17, 15) is 15.3 Å². The summed E-state index contributed by atoms with van der Waals surface area (Å²) >= 11 is 0. The van der Waals surface area contributed by atoms with Gasteiger partial charge in [-0.25, -0.2) is 0 Å². The van der Waals surface area contributed by atoms with Crippen LogP contribution in [0.25, 0.3) is 0 Å². The molecule has 0 radical (unpaired) electrons. The largest absolute Gasteiger partial charge is 0.508 e. The highest BCUT2D eigenvalue weighted by molar-refractivity contribution is 5.84. The van der Waals surface area contributed by atoms with Crippen LogP contribution in [0.5, 0.6) is 17.2 Å². The first-order valence-electron chi connectivity index (χ1n) is 12.3. The molecule has 0 aromatic heterocycles. The lowest BCUT2D eigenvalue weighted by Crippen LogP contribution is -2.34. The van der Waals surface area contributed by atoms with Crippen LogP contribution in [0.15, 0.2) is 70.6 Å². The second kappa shape index (κ2) is 11.8. The Bertz CT molecular complexity index is 1240. The number of aliphatic imine (C=N–C) groups is 2. The van der Waals surface area contributed by atoms with Crippen molar-refractivity contribution in [3.05, 3.63) is 88.5 Å². The molecule has 0 aliphatic carbocycles. The third-order valence-corrected chi connectivity index (χ3v) is 6.44. The molecule has 0 amide bonds. The van der Waals surface area contributed by atoms with Crippen LogP contribution in [0.1, 0.15) is 34.0 Å². The normalized spacial score (nSPS) is 17.0. The molecular weight excluding hydrogens is 452 g/mol. The van der Waals surface area contributed by atoms with Crippen LogP contribution in [0.3, 0.4) is 0 Å². The van der Waals surface area contributed by atoms with Gasteiger partial charge in [-0.05, 0) is 49.7 Å². The number of phenols is 3. The van der Waals surface area contributed by atoms with Gasteiger partial charge in [-0.1, -0.05) is 35.9 Å². The van der Waals surface area contributed by atoms with Crippen LogP contribution < -0.4 is 0 Å². The second-order valence-electron chi connectivity index (χ2n) is 9.20. The van der Waals surface area contributed by atoms with Gasteiger partial charge in [0.25, 0.3) is 0 Å². The number of benzene rings is 3. The number of hydrogen-bond acceptors (Lipinski definition) is 7. The smallest absolute Gasteiger partial charge is 0.124 e. The average molecular weight is 487 g/mol. The zero-order valence-electron chi connectivity index (χ0n) is 20.9. The summed E-state index contributed by atoms with van der Waals surface area (Å²) in [6.45, 7) is 8.26. The van der Waals surface area contributed by atoms with Gasteiger partial charge in [0.2, 0.25) is 0 Å². The van der Waals surface area contributed by atoms with Crippen LogP contribution in [-0.4, -0.2) is 76.8 Å². The average Bonchev–Trinajstić information content (AvgIpc) is 3.25. The summed E-state index contributed by atoms with van der Waals surface area (Å²) in [6.07, 6.45) is 3.35. The third kappa shape index (κ3) is 6.30. The SMILES string of the molecule is Cc1ccc(C2N(CC/N=C\c3ccccc3O)CCN2CC/N=C\c2cc(C)ccc2O)c(O)c1. The standard InChI is InChI=1S/C29H34N4O3/c1-21-8-10-27(35)24(17-21)20-31-12-14-33-16-15-32(29(33)25-9-7-22(2)18-28(25)36)13-11-30-19-23-5-3-4-6-26(23)34/h3-10,17-20,29,34-36H,11-16H2,1-2H3/b30-19-,31-20-. The Morgan fingerprint density at radius 3 is 1.97 bits per heavy atom. The minimum atomic E-state index is -0.0755. The number of rotatable bonds is 9. The molecule has 0 spiro atoms. The van der Waals surface area contributed by atoms with Gasteiger partial charge in [-0.3, -0.25) is 19.8 Å². The van der Waals surface area contributed by atoms with E-state index in [1.807, 2.05) is 50.2 Å². The van der Waals surface area contributed by atoms with Crippen molar-refractivity contribution in [3.63, 3.8) is 0 Å². The Hall–Kier alpha value is -3.68. The van der Waals surface area contributed by atoms with Gasteiger partial charge in [-0.2, -0.15) is 0 Å². The zero-order valence-corrected chi connectivity index (χ0v) is 20.9. The van der Waals surface area contributed by atoms with Crippen LogP contribution in [-0.2, 0) is 0 Å². The number of nitrogens with zero attached hydrogens (tertiary/aromatic N) is 4. The summed E-state index contributed by atoms with van der Waals surface area (Å²) in [7, 11) is 0. The number of aryl methyl sites for hydroxylation is 2. The molecule has 3 N–H and O–H groups in total. The number of aromatic hydroxyl groups is 3. The van der Waals surface area contributed by atoms with E-state index in [0.29, 0.717) is 30.0 Å². The quantitative estimate of drug-likeness (QED) is 0.393. The molecule has 1 aliphatic rings. The topological polar surface area (TPSA) is 91.9 Å². The van der Waals surface area contributed by atoms with Crippen LogP contribution in [0.2, 0.25) is 0 Å². The van der Waals surface area contributed by atoms with Crippen molar-refractivity contribution in [1.82, 2.24) is 9.80 Å². The number of phenolic OH excluding ortho intramolecular Hbond substituents is 3. The Morgan fingerprint density at radius 1 is 0.722 bits per heavy atom. The van der Waals surface area contributed by atoms with Crippen molar-refractivity contribution >= 4 is 12.4 Å². The monoisotopic (exact) mass is 486 g/mol. The first kappa shape index (κ1) is 25.4. The van der Waals surface area contributed by atoms with Gasteiger partial charge in [0.1, 0.15) is 17.2 Å². The Kier molecular flexibility index (Phi) is 8.36. The first-order chi connectivity index (χ1) is 17.4. The summed E-state index contributed by atoms with van der Waals surface area (Å²) in [5, 5.41) is 30.7. The summed E-state index contributed by atoms with van der Waals surface area (Å²) in [4.78, 5) is 13.7. The summed E-state index contributed by atoms with van der Waals surface area (Å²) in [6, 6.07) is 18.5. The lowest BCUT2D eigenvalue weighted by atomic mass is 10.1. The van der Waals surface area contributed by atoms with E-state index in [1.54, 1.807) is 36.7 Å². The van der Waals surface area contributed by atoms with Crippen LogP contribution in [0, 0.1) is 13.8 Å². The molecule has 7 heteroatoms. The summed E-state index contributed by atoms with van der Waals surface area (Å²) < 4.78 is 0. The van der Waals surface area contributed by atoms with Crippen molar-refractivity contribution in [2.45, 2.75) is 20.0 Å². The molecule has 0 saturated carbocycles. The van der Waals surface area contributed by atoms with Crippen molar-refractivity contribution in [2.75, 3.05) is 39.3 Å². The van der Waals surface area contributed by atoms with Gasteiger partial charge in [0.05, 0.1) is 19.3 Å². The maximum Gasteiger partial charge on any atom is 0.124 e. The zero-order chi connectivity index (χ0) is 25.5. The van der Waals surface area contributed by atoms with E-state index in [0.717, 1.165) is 42.9 Å². The highest BCUT2D eigenvalue weighted by Crippen LogP contribution is 2.35. The molecule has 1 fully saturated rings. The molecule has 3 aromatic carbocycles. The summed E-state index contributed by atoms with van der Waals surface area (Å²) in [5.74, 6) is 0.738. The lowest BCUT2D eigenvalue weighted by Gasteiger charge is -2.30. The maximum absolute atomic E-state index is 10.7. The molecule has 0 bridgehead atoms. The van der Waals surface area contributed by atoms with E-state index in [4.69, 9.17) is 0 Å². The Morgan fingerprint density at radius 2 is 1.31 bits per heavy atom. The second-order valence-corrected chi connectivity index (χ2v) is 9.20. The number of hydrogen-bond donors (Lipinski definition) is 3. The third-order valence-electron chi connectivity index (χ3n) is 6.44. The molecule has 3 aromatic rings. The van der Waals surface area contributed by atoms with Gasteiger partial charge < -0.3 is 15.3 Å². The van der Waals surface area contributed by atoms with Crippen LogP contribution >= 0.6 is 0 Å². The highest BCUT2D eigenvalue weighted by atomic mass is 16.3. The van der Waals surface area contributed by atoms with Crippen molar-refractivity contribution in [2.24, 2.45) is 9.98 Å². The predicted octanol–water partition coefficient (Wildman–Crippen LogP) is 4.27. The molecule has 1 saturated heterocycles. The molecule has 1 heterocycles. The molecule has 1 unspecified atom stereocenters. The fraction of sp³-hybridized carbons (Fsp3) is 0.310. The molecule has 7 nitrogen and oxygen atoms in total. The molecular formula is C29H34N4O3. The van der Waals surface area contributed by atoms with Crippen molar-refractivity contribution < 1.29 is 15.3 Å². The Labute approximate surface area is 212 Å². The summed E-state index contributed by atoms with van der Waals surface area (Å²) in [5.41, 5.74) is 4.38. The minimum Gasteiger partial charge on any atom is -0.508 e. The van der Waals surface area contributed by atoms with E-state index in [-0.39, 0.29) is 17.7 Å². The molecule has 1 atom stereocenters. The minimum absolute atomic E-state index is 0.0755. The molecule has 188 valence electrons. The van der Waals surface area contributed by atoms with Crippen molar-refractivity contribution in [3.8, 4) is 17.2 Å². The van der Waals surface area contributed by atoms with Gasteiger partial charge in [-0.15, -0.1) is 0 Å². The Balaban J connectivity index is 1.44. The van der Waals surface area contributed by atoms with Crippen LogP contribution in [0.4, 0.5) is 0 Å². The highest BCUT2D eigenvalue weighted by Gasteiger charge is 2.34. The molecule has 4 rings (SSSR count). The molecule has 36 heavy (non-hydrogen) atoms. The van der Waals surface area contributed by atoms with Gasteiger partial charge in [0, 0.05) is 55.3 Å². The van der Waals surface area contributed by atoms with Gasteiger partial charge >= 0.3 is 0 Å². The van der Waals surface area contributed by atoms with E-state index in [1.165, 1.54) is 0 Å². The fourth-order valence-corrected chi connectivity index (χ4v) is 4.54. The van der Waals surface area contributed by atoms with E-state index in [2.05, 4.69) is 19.8 Å². The maximum atomic E-state index is 10.7.